The zero-order valence-corrected chi connectivity index (χ0v) is 14.7. The molecule has 3 amide bonds. The molecule has 9 nitrogen and oxygen atoms in total. The molecule has 2 heterocycles. The minimum atomic E-state index is -0.941. The van der Waals surface area contributed by atoms with Crippen LogP contribution in [-0.4, -0.2) is 67.5 Å². The van der Waals surface area contributed by atoms with Crippen LogP contribution in [0, 0.1) is 0 Å². The molecule has 2 N–H and O–H groups in total. The number of nitrogens with zero attached hydrogens (tertiary/aromatic N) is 2. The monoisotopic (exact) mass is 363 g/mol. The molecule has 0 unspecified atom stereocenters. The van der Waals surface area contributed by atoms with Crippen LogP contribution in [0.3, 0.4) is 0 Å². The topological polar surface area (TPSA) is 108 Å². The molecular weight excluding hydrogens is 342 g/mol. The Labute approximate surface area is 150 Å². The molecule has 1 spiro atoms. The lowest BCUT2D eigenvalue weighted by atomic mass is 9.88. The zero-order valence-electron chi connectivity index (χ0n) is 14.7. The first-order valence-corrected chi connectivity index (χ1v) is 8.23. The van der Waals surface area contributed by atoms with Crippen molar-refractivity contribution < 1.29 is 29.0 Å². The van der Waals surface area contributed by atoms with Crippen LogP contribution in [0.1, 0.15) is 23.2 Å². The van der Waals surface area contributed by atoms with Crippen LogP contribution in [-0.2, 0) is 4.74 Å². The van der Waals surface area contributed by atoms with E-state index in [4.69, 9.17) is 14.6 Å². The molecule has 1 aromatic rings. The minimum Gasteiger partial charge on any atom is -0.496 e. The van der Waals surface area contributed by atoms with E-state index in [1.807, 2.05) is 0 Å². The molecular formula is C17H21N3O6. The number of rotatable bonds is 3. The van der Waals surface area contributed by atoms with E-state index in [1.54, 1.807) is 23.1 Å². The van der Waals surface area contributed by atoms with Crippen LogP contribution in [0.5, 0.6) is 5.75 Å². The van der Waals surface area contributed by atoms with Crippen molar-refractivity contribution in [3.8, 4) is 5.75 Å². The molecule has 2 aliphatic heterocycles. The molecule has 0 atom stereocenters. The number of likely N-dealkylation sites (tertiary alicyclic amines) is 1. The summed E-state index contributed by atoms with van der Waals surface area (Å²) in [5.41, 5.74) is 0.435. The van der Waals surface area contributed by atoms with Crippen molar-refractivity contribution in [2.24, 2.45) is 0 Å². The van der Waals surface area contributed by atoms with Crippen LogP contribution >= 0.6 is 0 Å². The first kappa shape index (κ1) is 17.8. The number of hydrogen-bond donors (Lipinski definition) is 2. The highest BCUT2D eigenvalue weighted by atomic mass is 16.5. The molecule has 0 bridgehead atoms. The van der Waals surface area contributed by atoms with Gasteiger partial charge in [0.15, 0.2) is 0 Å². The number of carbonyl (C=O) groups is 3. The molecule has 0 aliphatic carbocycles. The molecule has 9 heteroatoms. The summed E-state index contributed by atoms with van der Waals surface area (Å²) in [6.45, 7) is 1.20. The Hall–Kier alpha value is -2.97. The fraction of sp³-hybridized carbons (Fsp3) is 0.471. The van der Waals surface area contributed by atoms with Crippen molar-refractivity contribution in [3.05, 3.63) is 23.8 Å². The Morgan fingerprint density at radius 2 is 1.92 bits per heavy atom. The van der Waals surface area contributed by atoms with Crippen LogP contribution in [0.4, 0.5) is 15.3 Å². The summed E-state index contributed by atoms with van der Waals surface area (Å²) in [7, 11) is 2.73. The molecule has 2 fully saturated rings. The van der Waals surface area contributed by atoms with Crippen molar-refractivity contribution in [1.82, 2.24) is 10.2 Å². The fourth-order valence-electron chi connectivity index (χ4n) is 3.45. The molecule has 26 heavy (non-hydrogen) atoms. The second kappa shape index (κ2) is 6.74. The average molecular weight is 363 g/mol. The summed E-state index contributed by atoms with van der Waals surface area (Å²) in [6.07, 6.45) is 0.168. The maximum atomic E-state index is 12.5. The maximum Gasteiger partial charge on any atom is 0.407 e. The number of piperidine rings is 1. The van der Waals surface area contributed by atoms with Gasteiger partial charge in [-0.3, -0.25) is 4.90 Å². The van der Waals surface area contributed by atoms with Gasteiger partial charge in [0.2, 0.25) is 0 Å². The zero-order chi connectivity index (χ0) is 18.9. The van der Waals surface area contributed by atoms with E-state index < -0.39 is 17.6 Å². The molecule has 0 radical (unpaired) electrons. The SMILES string of the molecule is COC(=O)c1ccc(N2CC3(CCN(C(=O)O)CC3)NC2=O)cc1OC. The molecule has 2 aliphatic rings. The summed E-state index contributed by atoms with van der Waals surface area (Å²) < 4.78 is 9.97. The number of esters is 1. The first-order chi connectivity index (χ1) is 12.4. The number of benzene rings is 1. The van der Waals surface area contributed by atoms with E-state index in [-0.39, 0.29) is 11.6 Å². The number of carboxylic acid groups (broad SMARTS) is 1. The second-order valence-corrected chi connectivity index (χ2v) is 6.44. The Balaban J connectivity index is 1.79. The summed E-state index contributed by atoms with van der Waals surface area (Å²) in [5, 5.41) is 12.1. The number of urea groups is 1. The lowest BCUT2D eigenvalue weighted by Crippen LogP contribution is -2.53. The van der Waals surface area contributed by atoms with E-state index in [0.717, 1.165) is 0 Å². The van der Waals surface area contributed by atoms with Gasteiger partial charge >= 0.3 is 18.1 Å². The van der Waals surface area contributed by atoms with Gasteiger partial charge in [0, 0.05) is 24.8 Å². The predicted molar refractivity (Wildman–Crippen MR) is 91.8 cm³/mol. The van der Waals surface area contributed by atoms with Crippen LogP contribution in [0.25, 0.3) is 0 Å². The average Bonchev–Trinajstić information content (AvgIpc) is 2.96. The van der Waals surface area contributed by atoms with Gasteiger partial charge in [-0.05, 0) is 25.0 Å². The predicted octanol–water partition coefficient (Wildman–Crippen LogP) is 1.52. The van der Waals surface area contributed by atoms with Crippen molar-refractivity contribution in [3.63, 3.8) is 0 Å². The van der Waals surface area contributed by atoms with Gasteiger partial charge in [0.1, 0.15) is 11.3 Å². The third-order valence-electron chi connectivity index (χ3n) is 4.97. The normalized spacial score (nSPS) is 18.6. The van der Waals surface area contributed by atoms with Gasteiger partial charge in [0.25, 0.3) is 0 Å². The van der Waals surface area contributed by atoms with E-state index in [0.29, 0.717) is 43.9 Å². The Bertz CT molecular complexity index is 742. The van der Waals surface area contributed by atoms with E-state index in [9.17, 15) is 14.4 Å². The molecule has 1 aromatic carbocycles. The van der Waals surface area contributed by atoms with Crippen LogP contribution in [0.15, 0.2) is 18.2 Å². The van der Waals surface area contributed by atoms with Gasteiger partial charge in [-0.1, -0.05) is 0 Å². The van der Waals surface area contributed by atoms with Crippen LogP contribution in [0.2, 0.25) is 0 Å². The van der Waals surface area contributed by atoms with E-state index in [1.165, 1.54) is 19.1 Å². The molecule has 2 saturated heterocycles. The quantitative estimate of drug-likeness (QED) is 0.789. The summed E-state index contributed by atoms with van der Waals surface area (Å²) in [4.78, 5) is 38.3. The van der Waals surface area contributed by atoms with E-state index >= 15 is 0 Å². The Morgan fingerprint density at radius 1 is 1.23 bits per heavy atom. The lowest BCUT2D eigenvalue weighted by molar-refractivity contribution is 0.0597. The van der Waals surface area contributed by atoms with Crippen molar-refractivity contribution in [2.45, 2.75) is 18.4 Å². The Morgan fingerprint density at radius 3 is 2.50 bits per heavy atom. The summed E-state index contributed by atoms with van der Waals surface area (Å²) >= 11 is 0. The van der Waals surface area contributed by atoms with Gasteiger partial charge in [-0.15, -0.1) is 0 Å². The largest absolute Gasteiger partial charge is 0.496 e. The standard InChI is InChI=1S/C17H21N3O6/c1-25-13-9-11(3-4-12(13)14(21)26-2)20-10-17(18-15(20)22)5-7-19(8-6-17)16(23)24/h3-4,9H,5-8,10H2,1-2H3,(H,18,22)(H,23,24). The number of ether oxygens (including phenoxy) is 2. The second-order valence-electron chi connectivity index (χ2n) is 6.44. The number of hydrogen-bond acceptors (Lipinski definition) is 5. The first-order valence-electron chi connectivity index (χ1n) is 8.23. The molecule has 0 aromatic heterocycles. The van der Waals surface area contributed by atoms with E-state index in [2.05, 4.69) is 5.32 Å². The summed E-state index contributed by atoms with van der Waals surface area (Å²) in [6, 6.07) is 4.60. The fourth-order valence-corrected chi connectivity index (χ4v) is 3.45. The molecule has 3 rings (SSSR count). The Kier molecular flexibility index (Phi) is 4.62. The van der Waals surface area contributed by atoms with Gasteiger partial charge in [-0.25, -0.2) is 14.4 Å². The summed E-state index contributed by atoms with van der Waals surface area (Å²) in [5.74, 6) is -0.194. The van der Waals surface area contributed by atoms with Gasteiger partial charge in [0.05, 0.1) is 26.3 Å². The highest BCUT2D eigenvalue weighted by Crippen LogP contribution is 2.33. The maximum absolute atomic E-state index is 12.5. The highest BCUT2D eigenvalue weighted by Gasteiger charge is 2.45. The van der Waals surface area contributed by atoms with Crippen LogP contribution < -0.4 is 15.0 Å². The molecule has 140 valence electrons. The molecule has 0 saturated carbocycles. The minimum absolute atomic E-state index is 0.248. The smallest absolute Gasteiger partial charge is 0.407 e. The van der Waals surface area contributed by atoms with Crippen molar-refractivity contribution in [1.29, 1.82) is 0 Å². The van der Waals surface area contributed by atoms with Crippen molar-refractivity contribution in [2.75, 3.05) is 38.8 Å². The number of carbonyl (C=O) groups excluding carboxylic acids is 2. The number of amides is 3. The lowest BCUT2D eigenvalue weighted by Gasteiger charge is -2.37. The third-order valence-corrected chi connectivity index (χ3v) is 4.97. The number of methoxy groups -OCH3 is 2. The van der Waals surface area contributed by atoms with Gasteiger partial charge in [-0.2, -0.15) is 0 Å². The third kappa shape index (κ3) is 3.12. The highest BCUT2D eigenvalue weighted by molar-refractivity contribution is 5.97. The van der Waals surface area contributed by atoms with Gasteiger partial charge < -0.3 is 24.8 Å². The number of anilines is 1. The number of nitrogens with one attached hydrogen (secondary N) is 1. The van der Waals surface area contributed by atoms with Crippen molar-refractivity contribution >= 4 is 23.8 Å².